The molecule has 29 heavy (non-hydrogen) atoms. The highest BCUT2D eigenvalue weighted by atomic mass is 127. The predicted molar refractivity (Wildman–Crippen MR) is 132 cm³/mol. The second-order valence-corrected chi connectivity index (χ2v) is 7.15. The third kappa shape index (κ3) is 8.61. The van der Waals surface area contributed by atoms with E-state index in [1.54, 1.807) is 19.1 Å². The van der Waals surface area contributed by atoms with E-state index in [9.17, 15) is 4.79 Å². The van der Waals surface area contributed by atoms with Gasteiger partial charge in [0.2, 0.25) is 5.91 Å². The molecule has 0 spiro atoms. The number of nitrogens with one attached hydrogen (secondary N) is 2. The van der Waals surface area contributed by atoms with Crippen molar-refractivity contribution in [2.45, 2.75) is 19.5 Å². The van der Waals surface area contributed by atoms with Gasteiger partial charge in [0.25, 0.3) is 0 Å². The smallest absolute Gasteiger partial charge is 0.224 e. The maximum Gasteiger partial charge on any atom is 0.224 e. The molecule has 8 heteroatoms. The molecular formula is C21H28BrIN4O2. The van der Waals surface area contributed by atoms with E-state index in [2.05, 4.69) is 31.6 Å². The molecule has 2 rings (SSSR count). The molecule has 0 saturated carbocycles. The van der Waals surface area contributed by atoms with Gasteiger partial charge in [0.1, 0.15) is 5.75 Å². The van der Waals surface area contributed by atoms with Gasteiger partial charge in [-0.3, -0.25) is 9.79 Å². The van der Waals surface area contributed by atoms with Gasteiger partial charge in [-0.2, -0.15) is 0 Å². The van der Waals surface area contributed by atoms with E-state index in [0.717, 1.165) is 21.3 Å². The first kappa shape index (κ1) is 25.2. The first-order chi connectivity index (χ1) is 13.5. The Morgan fingerprint density at radius 1 is 1.17 bits per heavy atom. The van der Waals surface area contributed by atoms with Crippen molar-refractivity contribution in [3.05, 3.63) is 64.1 Å². The van der Waals surface area contributed by atoms with Gasteiger partial charge in [0, 0.05) is 44.6 Å². The summed E-state index contributed by atoms with van der Waals surface area (Å²) in [5, 5.41) is 6.42. The lowest BCUT2D eigenvalue weighted by Crippen LogP contribution is -2.39. The Kier molecular flexibility index (Phi) is 11.7. The van der Waals surface area contributed by atoms with Gasteiger partial charge in [0.05, 0.1) is 7.11 Å². The normalized spacial score (nSPS) is 10.7. The molecular weight excluding hydrogens is 547 g/mol. The van der Waals surface area contributed by atoms with Crippen LogP contribution in [0.4, 0.5) is 0 Å². The Labute approximate surface area is 198 Å². The largest absolute Gasteiger partial charge is 0.497 e. The summed E-state index contributed by atoms with van der Waals surface area (Å²) >= 11 is 3.52. The summed E-state index contributed by atoms with van der Waals surface area (Å²) in [5.41, 5.74) is 2.17. The van der Waals surface area contributed by atoms with Crippen LogP contribution in [-0.2, 0) is 17.9 Å². The van der Waals surface area contributed by atoms with Crippen LogP contribution in [0.25, 0.3) is 0 Å². The number of nitrogens with zero attached hydrogens (tertiary/aromatic N) is 2. The zero-order valence-electron chi connectivity index (χ0n) is 16.9. The Hall–Kier alpha value is -1.81. The minimum absolute atomic E-state index is 0. The number of carbonyl (C=O) groups is 1. The van der Waals surface area contributed by atoms with E-state index < -0.39 is 0 Å². The maximum absolute atomic E-state index is 12.4. The van der Waals surface area contributed by atoms with Crippen LogP contribution in [0.15, 0.2) is 58.0 Å². The lowest BCUT2D eigenvalue weighted by molar-refractivity contribution is -0.130. The second-order valence-electron chi connectivity index (χ2n) is 6.30. The third-order valence-corrected chi connectivity index (χ3v) is 5.01. The fourth-order valence-electron chi connectivity index (χ4n) is 2.64. The van der Waals surface area contributed by atoms with E-state index in [-0.39, 0.29) is 29.9 Å². The molecule has 0 bridgehead atoms. The van der Waals surface area contributed by atoms with E-state index in [4.69, 9.17) is 4.74 Å². The van der Waals surface area contributed by atoms with E-state index in [0.29, 0.717) is 32.0 Å². The number of benzene rings is 2. The molecule has 0 aliphatic heterocycles. The highest BCUT2D eigenvalue weighted by Crippen LogP contribution is 2.17. The van der Waals surface area contributed by atoms with Crippen molar-refractivity contribution in [3.63, 3.8) is 0 Å². The number of carbonyl (C=O) groups excluding carboxylic acids is 1. The highest BCUT2D eigenvalue weighted by Gasteiger charge is 2.11. The summed E-state index contributed by atoms with van der Waals surface area (Å²) in [4.78, 5) is 18.3. The standard InChI is InChI=1S/C21H27BrN4O2.HI/c1-23-21(25-14-16-7-6-9-18(13-16)28-3)24-12-11-20(27)26(2)15-17-8-4-5-10-19(17)22;/h4-10,13H,11-12,14-15H2,1-3H3,(H2,23,24,25);1H. The third-order valence-electron chi connectivity index (χ3n) is 4.24. The van der Waals surface area contributed by atoms with Crippen LogP contribution in [0.5, 0.6) is 5.75 Å². The molecule has 0 aromatic heterocycles. The van der Waals surface area contributed by atoms with Gasteiger partial charge in [-0.25, -0.2) is 0 Å². The molecule has 0 aliphatic rings. The number of halogens is 2. The van der Waals surface area contributed by atoms with Gasteiger partial charge in [-0.1, -0.05) is 46.3 Å². The molecule has 0 aliphatic carbocycles. The summed E-state index contributed by atoms with van der Waals surface area (Å²) in [5.74, 6) is 1.55. The van der Waals surface area contributed by atoms with Crippen molar-refractivity contribution >= 4 is 51.8 Å². The van der Waals surface area contributed by atoms with E-state index in [1.165, 1.54) is 0 Å². The monoisotopic (exact) mass is 574 g/mol. The minimum atomic E-state index is 0. The van der Waals surface area contributed by atoms with Crippen molar-refractivity contribution in [3.8, 4) is 5.75 Å². The molecule has 2 aromatic rings. The molecule has 0 saturated heterocycles. The fraction of sp³-hybridized carbons (Fsp3) is 0.333. The average Bonchev–Trinajstić information content (AvgIpc) is 2.72. The Morgan fingerprint density at radius 3 is 2.62 bits per heavy atom. The lowest BCUT2D eigenvalue weighted by atomic mass is 10.2. The van der Waals surface area contributed by atoms with E-state index >= 15 is 0 Å². The minimum Gasteiger partial charge on any atom is -0.497 e. The number of amides is 1. The summed E-state index contributed by atoms with van der Waals surface area (Å²) < 4.78 is 6.24. The van der Waals surface area contributed by atoms with Crippen LogP contribution < -0.4 is 15.4 Å². The first-order valence-electron chi connectivity index (χ1n) is 9.08. The quantitative estimate of drug-likeness (QED) is 0.286. The maximum atomic E-state index is 12.4. The number of rotatable bonds is 8. The van der Waals surface area contributed by atoms with Crippen LogP contribution in [0.3, 0.4) is 0 Å². The molecule has 6 nitrogen and oxygen atoms in total. The molecule has 1 amide bonds. The topological polar surface area (TPSA) is 66.0 Å². The van der Waals surface area contributed by atoms with Crippen molar-refractivity contribution < 1.29 is 9.53 Å². The Bertz CT molecular complexity index is 817. The second kappa shape index (κ2) is 13.4. The highest BCUT2D eigenvalue weighted by molar-refractivity contribution is 14.0. The fourth-order valence-corrected chi connectivity index (χ4v) is 3.05. The van der Waals surface area contributed by atoms with Gasteiger partial charge >= 0.3 is 0 Å². The van der Waals surface area contributed by atoms with Crippen molar-refractivity contribution in [1.82, 2.24) is 15.5 Å². The number of aliphatic imine (C=N–C) groups is 1. The van der Waals surface area contributed by atoms with Crippen LogP contribution in [0, 0.1) is 0 Å². The number of guanidine groups is 1. The molecule has 0 atom stereocenters. The predicted octanol–water partition coefficient (Wildman–Crippen LogP) is 3.79. The van der Waals surface area contributed by atoms with Crippen LogP contribution in [-0.4, -0.2) is 44.5 Å². The van der Waals surface area contributed by atoms with Crippen LogP contribution >= 0.6 is 39.9 Å². The molecule has 158 valence electrons. The van der Waals surface area contributed by atoms with E-state index in [1.807, 2.05) is 55.6 Å². The Morgan fingerprint density at radius 2 is 1.93 bits per heavy atom. The molecule has 2 N–H and O–H groups in total. The molecule has 0 radical (unpaired) electrons. The van der Waals surface area contributed by atoms with Crippen molar-refractivity contribution in [1.29, 1.82) is 0 Å². The average molecular weight is 575 g/mol. The molecule has 2 aromatic carbocycles. The molecule has 0 unspecified atom stereocenters. The Balaban J connectivity index is 0.00000420. The zero-order chi connectivity index (χ0) is 20.4. The van der Waals surface area contributed by atoms with Crippen LogP contribution in [0.2, 0.25) is 0 Å². The SMILES string of the molecule is CN=C(NCCC(=O)N(C)Cc1ccccc1Br)NCc1cccc(OC)c1.I. The number of hydrogen-bond acceptors (Lipinski definition) is 3. The molecule has 0 heterocycles. The van der Waals surface area contributed by atoms with Crippen LogP contribution in [0.1, 0.15) is 17.5 Å². The summed E-state index contributed by atoms with van der Waals surface area (Å²) in [6.07, 6.45) is 0.390. The van der Waals surface area contributed by atoms with Gasteiger partial charge in [-0.05, 0) is 29.3 Å². The number of hydrogen-bond donors (Lipinski definition) is 2. The summed E-state index contributed by atoms with van der Waals surface area (Å²) in [6.45, 7) is 1.70. The zero-order valence-corrected chi connectivity index (χ0v) is 20.9. The summed E-state index contributed by atoms with van der Waals surface area (Å²) in [6, 6.07) is 15.8. The summed E-state index contributed by atoms with van der Waals surface area (Å²) in [7, 11) is 5.18. The van der Waals surface area contributed by atoms with Crippen molar-refractivity contribution in [2.75, 3.05) is 27.7 Å². The van der Waals surface area contributed by atoms with Gasteiger partial charge < -0.3 is 20.3 Å². The van der Waals surface area contributed by atoms with Crippen molar-refractivity contribution in [2.24, 2.45) is 4.99 Å². The number of ether oxygens (including phenoxy) is 1. The first-order valence-corrected chi connectivity index (χ1v) is 9.87. The molecule has 0 fully saturated rings. The number of methoxy groups -OCH3 is 1. The lowest BCUT2D eigenvalue weighted by Gasteiger charge is -2.19. The van der Waals surface area contributed by atoms with Gasteiger partial charge in [-0.15, -0.1) is 24.0 Å². The van der Waals surface area contributed by atoms with Gasteiger partial charge in [0.15, 0.2) is 5.96 Å².